The van der Waals surface area contributed by atoms with E-state index in [0.717, 1.165) is 16.8 Å². The van der Waals surface area contributed by atoms with Crippen LogP contribution in [0.25, 0.3) is 16.8 Å². The second kappa shape index (κ2) is 6.79. The number of benzene rings is 2. The predicted octanol–water partition coefficient (Wildman–Crippen LogP) is 2.93. The van der Waals surface area contributed by atoms with Gasteiger partial charge in [-0.3, -0.25) is 4.79 Å². The fourth-order valence-electron chi connectivity index (χ4n) is 3.57. The van der Waals surface area contributed by atoms with Crippen LogP contribution in [0.5, 0.6) is 11.5 Å². The van der Waals surface area contributed by atoms with Crippen molar-refractivity contribution in [2.24, 2.45) is 0 Å². The summed E-state index contributed by atoms with van der Waals surface area (Å²) in [6, 6.07) is 15.0. The Morgan fingerprint density at radius 3 is 2.79 bits per heavy atom. The van der Waals surface area contributed by atoms with E-state index in [9.17, 15) is 9.90 Å². The topological polar surface area (TPSA) is 78.0 Å². The van der Waals surface area contributed by atoms with Gasteiger partial charge in [0.1, 0.15) is 5.52 Å². The van der Waals surface area contributed by atoms with Gasteiger partial charge >= 0.3 is 0 Å². The Labute approximate surface area is 166 Å². The quantitative estimate of drug-likeness (QED) is 0.581. The molecule has 146 valence electrons. The number of aryl methyl sites for hydroxylation is 1. The van der Waals surface area contributed by atoms with Crippen LogP contribution < -0.4 is 15.0 Å². The van der Waals surface area contributed by atoms with Crippen LogP contribution in [0.1, 0.15) is 17.2 Å². The molecule has 0 saturated heterocycles. The number of rotatable bonds is 4. The van der Waals surface area contributed by atoms with Crippen molar-refractivity contribution in [1.82, 2.24) is 14.2 Å². The minimum atomic E-state index is -0.858. The first-order chi connectivity index (χ1) is 14.1. The highest BCUT2D eigenvalue weighted by Gasteiger charge is 2.18. The highest BCUT2D eigenvalue weighted by Crippen LogP contribution is 2.34. The molecule has 1 aliphatic heterocycles. The molecule has 3 heterocycles. The molecule has 0 unspecified atom stereocenters. The van der Waals surface area contributed by atoms with Gasteiger partial charge in [-0.05, 0) is 36.2 Å². The summed E-state index contributed by atoms with van der Waals surface area (Å²) >= 11 is 0. The lowest BCUT2D eigenvalue weighted by Crippen LogP contribution is -2.24. The summed E-state index contributed by atoms with van der Waals surface area (Å²) in [7, 11) is 0. The highest BCUT2D eigenvalue weighted by molar-refractivity contribution is 5.68. The van der Waals surface area contributed by atoms with Crippen LogP contribution >= 0.6 is 0 Å². The average molecular weight is 389 g/mol. The zero-order chi connectivity index (χ0) is 20.0. The van der Waals surface area contributed by atoms with Crippen molar-refractivity contribution in [2.45, 2.75) is 19.6 Å². The predicted molar refractivity (Wildman–Crippen MR) is 107 cm³/mol. The maximum Gasteiger partial charge on any atom is 0.276 e. The van der Waals surface area contributed by atoms with E-state index in [1.807, 2.05) is 31.2 Å². The minimum Gasteiger partial charge on any atom is -0.454 e. The number of hydrogen-bond acceptors (Lipinski definition) is 5. The van der Waals surface area contributed by atoms with E-state index >= 15 is 0 Å². The smallest absolute Gasteiger partial charge is 0.276 e. The Balaban J connectivity index is 1.47. The molecule has 2 aromatic carbocycles. The van der Waals surface area contributed by atoms with E-state index in [2.05, 4.69) is 5.10 Å². The van der Waals surface area contributed by atoms with Crippen molar-refractivity contribution in [2.75, 3.05) is 6.79 Å². The second-order valence-electron chi connectivity index (χ2n) is 7.06. The van der Waals surface area contributed by atoms with Gasteiger partial charge in [-0.15, -0.1) is 0 Å². The van der Waals surface area contributed by atoms with E-state index in [4.69, 9.17) is 9.47 Å². The zero-order valence-electron chi connectivity index (χ0n) is 15.8. The lowest BCUT2D eigenvalue weighted by atomic mass is 10.1. The van der Waals surface area contributed by atoms with E-state index < -0.39 is 6.10 Å². The van der Waals surface area contributed by atoms with Crippen molar-refractivity contribution in [3.63, 3.8) is 0 Å². The molecular formula is C22H19N3O4. The van der Waals surface area contributed by atoms with Crippen molar-refractivity contribution in [3.8, 4) is 22.8 Å². The first-order valence-electron chi connectivity index (χ1n) is 9.32. The fourth-order valence-corrected chi connectivity index (χ4v) is 3.57. The van der Waals surface area contributed by atoms with E-state index in [-0.39, 0.29) is 18.9 Å². The lowest BCUT2D eigenvalue weighted by molar-refractivity contribution is 0.154. The first-order valence-corrected chi connectivity index (χ1v) is 9.32. The van der Waals surface area contributed by atoms with Gasteiger partial charge in [0, 0.05) is 18.0 Å². The molecule has 4 aromatic rings. The van der Waals surface area contributed by atoms with Gasteiger partial charge in [0.05, 0.1) is 18.3 Å². The molecule has 0 spiro atoms. The van der Waals surface area contributed by atoms with Crippen molar-refractivity contribution >= 4 is 5.52 Å². The van der Waals surface area contributed by atoms with E-state index in [1.54, 1.807) is 41.2 Å². The zero-order valence-corrected chi connectivity index (χ0v) is 15.8. The number of nitrogens with zero attached hydrogens (tertiary/aromatic N) is 3. The molecule has 7 heteroatoms. The maximum absolute atomic E-state index is 13.0. The molecule has 0 aliphatic carbocycles. The summed E-state index contributed by atoms with van der Waals surface area (Å²) in [6.45, 7) is 2.31. The normalized spacial score (nSPS) is 13.7. The van der Waals surface area contributed by atoms with Gasteiger partial charge < -0.3 is 19.1 Å². The maximum atomic E-state index is 13.0. The molecule has 29 heavy (non-hydrogen) atoms. The van der Waals surface area contributed by atoms with Gasteiger partial charge in [-0.1, -0.05) is 30.3 Å². The van der Waals surface area contributed by atoms with E-state index in [1.165, 1.54) is 4.57 Å². The largest absolute Gasteiger partial charge is 0.454 e. The molecular weight excluding hydrogens is 370 g/mol. The molecule has 0 radical (unpaired) electrons. The second-order valence-corrected chi connectivity index (χ2v) is 7.06. The number of hydrogen-bond donors (Lipinski definition) is 1. The van der Waals surface area contributed by atoms with Gasteiger partial charge in [-0.25, -0.2) is 4.52 Å². The molecule has 5 rings (SSSR count). The van der Waals surface area contributed by atoms with Crippen LogP contribution in [0.4, 0.5) is 0 Å². The SMILES string of the molecule is Cc1ccccc1-c1cc2c(=O)n(C[C@@H](O)c3ccc4c(c3)OCO4)ccn2n1. The highest BCUT2D eigenvalue weighted by atomic mass is 16.7. The summed E-state index contributed by atoms with van der Waals surface area (Å²) in [5, 5.41) is 15.2. The number of aliphatic hydroxyl groups excluding tert-OH is 1. The Morgan fingerprint density at radius 1 is 1.10 bits per heavy atom. The fraction of sp³-hybridized carbons (Fsp3) is 0.182. The Bertz CT molecular complexity index is 1270. The van der Waals surface area contributed by atoms with Crippen LogP contribution in [0, 0.1) is 6.92 Å². The number of fused-ring (bicyclic) bond motifs is 2. The van der Waals surface area contributed by atoms with Gasteiger partial charge in [-0.2, -0.15) is 5.10 Å². The third kappa shape index (κ3) is 3.05. The van der Waals surface area contributed by atoms with Crippen LogP contribution in [0.2, 0.25) is 0 Å². The molecule has 2 aromatic heterocycles. The van der Waals surface area contributed by atoms with Gasteiger partial charge in [0.2, 0.25) is 6.79 Å². The summed E-state index contributed by atoms with van der Waals surface area (Å²) in [4.78, 5) is 13.0. The minimum absolute atomic E-state index is 0.125. The molecule has 1 atom stereocenters. The summed E-state index contributed by atoms with van der Waals surface area (Å²) in [6.07, 6.45) is 2.51. The summed E-state index contributed by atoms with van der Waals surface area (Å²) in [5.41, 5.74) is 3.74. The molecule has 7 nitrogen and oxygen atoms in total. The summed E-state index contributed by atoms with van der Waals surface area (Å²) in [5.74, 6) is 1.26. The number of aliphatic hydroxyl groups is 1. The van der Waals surface area contributed by atoms with Crippen molar-refractivity contribution in [1.29, 1.82) is 0 Å². The van der Waals surface area contributed by atoms with Gasteiger partial charge in [0.25, 0.3) is 5.56 Å². The van der Waals surface area contributed by atoms with Crippen LogP contribution in [0.15, 0.2) is 65.7 Å². The van der Waals surface area contributed by atoms with Crippen LogP contribution in [0.3, 0.4) is 0 Å². The standard InChI is InChI=1S/C22H19N3O4/c1-14-4-2-3-5-16(14)17-11-18-22(27)24(8-9-25(18)23-17)12-19(26)15-6-7-20-21(10-15)29-13-28-20/h2-11,19,26H,12-13H2,1H3/t19-/m1/s1. The van der Waals surface area contributed by atoms with Crippen molar-refractivity contribution in [3.05, 3.63) is 82.4 Å². The molecule has 0 bridgehead atoms. The number of aromatic nitrogens is 3. The molecule has 1 aliphatic rings. The summed E-state index contributed by atoms with van der Waals surface area (Å²) < 4.78 is 13.7. The average Bonchev–Trinajstić information content (AvgIpc) is 3.37. The Hall–Kier alpha value is -3.58. The lowest BCUT2D eigenvalue weighted by Gasteiger charge is -2.13. The monoisotopic (exact) mass is 389 g/mol. The Kier molecular flexibility index (Phi) is 4.10. The van der Waals surface area contributed by atoms with Crippen LogP contribution in [-0.4, -0.2) is 26.1 Å². The van der Waals surface area contributed by atoms with Gasteiger partial charge in [0.15, 0.2) is 11.5 Å². The molecule has 0 fully saturated rings. The third-order valence-corrected chi connectivity index (χ3v) is 5.18. The van der Waals surface area contributed by atoms with Crippen molar-refractivity contribution < 1.29 is 14.6 Å². The van der Waals surface area contributed by atoms with E-state index in [0.29, 0.717) is 22.6 Å². The first kappa shape index (κ1) is 17.5. The molecule has 0 saturated carbocycles. The number of ether oxygens (including phenoxy) is 2. The third-order valence-electron chi connectivity index (χ3n) is 5.18. The molecule has 0 amide bonds. The molecule has 1 N–H and O–H groups in total. The van der Waals surface area contributed by atoms with Crippen LogP contribution in [-0.2, 0) is 6.54 Å². The Morgan fingerprint density at radius 2 is 1.93 bits per heavy atom.